The molecule has 4 rings (SSSR count). The van der Waals surface area contributed by atoms with Crippen LogP contribution in [0.1, 0.15) is 5.56 Å². The first kappa shape index (κ1) is 21.6. The van der Waals surface area contributed by atoms with Crippen molar-refractivity contribution in [2.75, 3.05) is 31.8 Å². The molecule has 0 radical (unpaired) electrons. The highest BCUT2D eigenvalue weighted by Gasteiger charge is 2.30. The van der Waals surface area contributed by atoms with Gasteiger partial charge in [0.2, 0.25) is 5.95 Å². The molecule has 1 aromatic heterocycles. The Bertz CT molecular complexity index is 1170. The van der Waals surface area contributed by atoms with Gasteiger partial charge in [-0.3, -0.25) is 4.79 Å². The van der Waals surface area contributed by atoms with Crippen LogP contribution in [-0.2, 0) is 11.2 Å². The van der Waals surface area contributed by atoms with Gasteiger partial charge in [0.1, 0.15) is 11.5 Å². The molecule has 0 saturated carbocycles. The maximum atomic E-state index is 14.3. The topological polar surface area (TPSA) is 88.6 Å². The summed E-state index contributed by atoms with van der Waals surface area (Å²) in [6, 6.07) is 10.4. The number of anilines is 4. The van der Waals surface area contributed by atoms with Crippen LogP contribution in [0.4, 0.5) is 27.5 Å². The molecule has 166 valence electrons. The molecule has 1 unspecified atom stereocenters. The summed E-state index contributed by atoms with van der Waals surface area (Å²) < 4.78 is 25.1. The zero-order valence-corrected chi connectivity index (χ0v) is 18.4. The maximum Gasteiger partial charge on any atom is 0.263 e. The minimum atomic E-state index is -0.616. The predicted octanol–water partition coefficient (Wildman–Crippen LogP) is 4.16. The molecule has 32 heavy (non-hydrogen) atoms. The van der Waals surface area contributed by atoms with Crippen LogP contribution in [-0.4, -0.2) is 48.1 Å². The van der Waals surface area contributed by atoms with E-state index in [4.69, 9.17) is 21.1 Å². The quantitative estimate of drug-likeness (QED) is 0.574. The second kappa shape index (κ2) is 8.88. The number of halogens is 2. The highest BCUT2D eigenvalue weighted by molar-refractivity contribution is 6.32. The molecule has 0 saturated heterocycles. The van der Waals surface area contributed by atoms with E-state index in [9.17, 15) is 9.18 Å². The first-order valence-electron chi connectivity index (χ1n) is 9.75. The Morgan fingerprint density at radius 3 is 2.69 bits per heavy atom. The molecular weight excluding hydrogens is 437 g/mol. The van der Waals surface area contributed by atoms with Crippen molar-refractivity contribution in [2.24, 2.45) is 0 Å². The molecule has 0 fully saturated rings. The molecule has 0 aliphatic carbocycles. The molecule has 3 aromatic rings. The molecule has 10 heteroatoms. The van der Waals surface area contributed by atoms with Crippen molar-refractivity contribution in [1.82, 2.24) is 14.9 Å². The van der Waals surface area contributed by atoms with Crippen molar-refractivity contribution in [2.45, 2.75) is 12.5 Å². The van der Waals surface area contributed by atoms with Gasteiger partial charge in [0.25, 0.3) is 5.91 Å². The van der Waals surface area contributed by atoms with E-state index in [1.54, 1.807) is 44.4 Å². The van der Waals surface area contributed by atoms with Gasteiger partial charge in [-0.2, -0.15) is 4.98 Å². The fraction of sp³-hybridized carbons (Fsp3) is 0.227. The Morgan fingerprint density at radius 2 is 1.97 bits per heavy atom. The molecule has 1 aliphatic rings. The smallest absolute Gasteiger partial charge is 0.263 e. The third-order valence-electron chi connectivity index (χ3n) is 4.87. The largest absolute Gasteiger partial charge is 0.495 e. The number of aromatic nitrogens is 2. The molecule has 0 spiro atoms. The molecule has 8 nitrogen and oxygen atoms in total. The molecular formula is C22H21ClFN5O3. The van der Waals surface area contributed by atoms with Crippen molar-refractivity contribution in [3.63, 3.8) is 0 Å². The second-order valence-corrected chi connectivity index (χ2v) is 7.76. The van der Waals surface area contributed by atoms with Gasteiger partial charge >= 0.3 is 0 Å². The van der Waals surface area contributed by atoms with E-state index >= 15 is 0 Å². The van der Waals surface area contributed by atoms with Gasteiger partial charge in [-0.25, -0.2) is 9.37 Å². The van der Waals surface area contributed by atoms with Gasteiger partial charge in [-0.15, -0.1) is 0 Å². The number of ether oxygens (including phenoxy) is 2. The van der Waals surface area contributed by atoms with Crippen LogP contribution in [0.3, 0.4) is 0 Å². The summed E-state index contributed by atoms with van der Waals surface area (Å²) in [6.07, 6.45) is 1.01. The lowest BCUT2D eigenvalue weighted by molar-refractivity contribution is -0.135. The number of rotatable bonds is 6. The van der Waals surface area contributed by atoms with Crippen LogP contribution in [0.25, 0.3) is 0 Å². The third kappa shape index (κ3) is 4.52. The Balaban J connectivity index is 1.50. The maximum absolute atomic E-state index is 14.3. The molecule has 1 aliphatic heterocycles. The predicted molar refractivity (Wildman–Crippen MR) is 120 cm³/mol. The van der Waals surface area contributed by atoms with Gasteiger partial charge in [-0.05, 0) is 36.4 Å². The number of hydrogen-bond acceptors (Lipinski definition) is 7. The van der Waals surface area contributed by atoms with Gasteiger partial charge < -0.3 is 25.0 Å². The number of carbonyl (C=O) groups excluding carboxylic acids is 1. The summed E-state index contributed by atoms with van der Waals surface area (Å²) in [5.74, 6) is 0.660. The van der Waals surface area contributed by atoms with E-state index in [0.717, 1.165) is 11.8 Å². The van der Waals surface area contributed by atoms with Gasteiger partial charge in [0.15, 0.2) is 17.7 Å². The zero-order chi connectivity index (χ0) is 22.8. The average molecular weight is 458 g/mol. The van der Waals surface area contributed by atoms with E-state index < -0.39 is 11.9 Å². The van der Waals surface area contributed by atoms with Gasteiger partial charge in [-0.1, -0.05) is 11.6 Å². The summed E-state index contributed by atoms with van der Waals surface area (Å²) >= 11 is 6.13. The van der Waals surface area contributed by atoms with Crippen LogP contribution >= 0.6 is 11.6 Å². The first-order chi connectivity index (χ1) is 15.3. The lowest BCUT2D eigenvalue weighted by Crippen LogP contribution is -2.36. The summed E-state index contributed by atoms with van der Waals surface area (Å²) in [6.45, 7) is 0. The second-order valence-electron chi connectivity index (χ2n) is 7.36. The Hall–Kier alpha value is -3.59. The Morgan fingerprint density at radius 1 is 1.22 bits per heavy atom. The summed E-state index contributed by atoms with van der Waals surface area (Å²) in [4.78, 5) is 21.9. The number of nitrogens with one attached hydrogen (secondary N) is 2. The monoisotopic (exact) mass is 457 g/mol. The van der Waals surface area contributed by atoms with E-state index in [1.165, 1.54) is 12.0 Å². The van der Waals surface area contributed by atoms with Crippen molar-refractivity contribution in [3.05, 3.63) is 59.0 Å². The van der Waals surface area contributed by atoms with Gasteiger partial charge in [0, 0.05) is 37.5 Å². The molecule has 0 bridgehead atoms. The van der Waals surface area contributed by atoms with Crippen molar-refractivity contribution in [3.8, 4) is 11.5 Å². The van der Waals surface area contributed by atoms with Crippen LogP contribution in [0, 0.1) is 5.82 Å². The Labute approximate surface area is 189 Å². The van der Waals surface area contributed by atoms with Crippen molar-refractivity contribution < 1.29 is 18.7 Å². The lowest BCUT2D eigenvalue weighted by atomic mass is 10.1. The van der Waals surface area contributed by atoms with Crippen molar-refractivity contribution >= 4 is 40.6 Å². The minimum Gasteiger partial charge on any atom is -0.495 e. The van der Waals surface area contributed by atoms with Crippen LogP contribution in [0.15, 0.2) is 42.6 Å². The van der Waals surface area contributed by atoms with Crippen LogP contribution < -0.4 is 20.1 Å². The summed E-state index contributed by atoms with van der Waals surface area (Å²) in [7, 11) is 4.90. The number of fused-ring (bicyclic) bond motifs is 1. The SMILES string of the molecule is COc1ccc(Nc2nc(Nc3ccc4c(c3)CC(C(=O)N(C)C)O4)ncc2F)cc1Cl. The van der Waals surface area contributed by atoms with E-state index in [0.29, 0.717) is 34.3 Å². The fourth-order valence-electron chi connectivity index (χ4n) is 3.28. The number of methoxy groups -OCH3 is 1. The standard InChI is InChI=1S/C22H21ClFN5O3/c1-29(2)21(30)19-9-12-8-13(4-6-17(12)32-19)27-22-25-11-16(24)20(28-22)26-14-5-7-18(31-3)15(23)10-14/h4-8,10-11,19H,9H2,1-3H3,(H2,25,26,27,28). The van der Waals surface area contributed by atoms with E-state index in [1.807, 2.05) is 6.07 Å². The third-order valence-corrected chi connectivity index (χ3v) is 5.16. The van der Waals surface area contributed by atoms with Crippen molar-refractivity contribution in [1.29, 1.82) is 0 Å². The van der Waals surface area contributed by atoms with Crippen LogP contribution in [0.2, 0.25) is 5.02 Å². The number of benzene rings is 2. The number of nitrogens with zero attached hydrogens (tertiary/aromatic N) is 3. The fourth-order valence-corrected chi connectivity index (χ4v) is 3.53. The highest BCUT2D eigenvalue weighted by Crippen LogP contribution is 2.33. The number of hydrogen-bond donors (Lipinski definition) is 2. The normalized spacial score (nSPS) is 14.3. The van der Waals surface area contributed by atoms with Crippen LogP contribution in [0.5, 0.6) is 11.5 Å². The minimum absolute atomic E-state index is 0.00938. The number of likely N-dealkylation sites (N-methyl/N-ethyl adjacent to an activating group) is 1. The summed E-state index contributed by atoms with van der Waals surface area (Å²) in [5.41, 5.74) is 2.13. The van der Waals surface area contributed by atoms with Gasteiger partial charge in [0.05, 0.1) is 18.3 Å². The Kier molecular flexibility index (Phi) is 6.00. The first-order valence-corrected chi connectivity index (χ1v) is 10.1. The molecule has 2 aromatic carbocycles. The summed E-state index contributed by atoms with van der Waals surface area (Å²) in [5, 5.41) is 6.34. The number of carbonyl (C=O) groups is 1. The lowest BCUT2D eigenvalue weighted by Gasteiger charge is -2.15. The highest BCUT2D eigenvalue weighted by atomic mass is 35.5. The zero-order valence-electron chi connectivity index (χ0n) is 17.6. The number of amides is 1. The van der Waals surface area contributed by atoms with E-state index in [2.05, 4.69) is 20.6 Å². The molecule has 1 amide bonds. The molecule has 2 N–H and O–H groups in total. The van der Waals surface area contributed by atoms with E-state index in [-0.39, 0.29) is 17.7 Å². The average Bonchev–Trinajstić information content (AvgIpc) is 3.19. The molecule has 1 atom stereocenters. The molecule has 2 heterocycles.